The summed E-state index contributed by atoms with van der Waals surface area (Å²) in [6.07, 6.45) is 0. The van der Waals surface area contributed by atoms with Gasteiger partial charge in [0.25, 0.3) is 5.91 Å². The standard InChI is InChI=1S/C22H22N4O3/c1-13-8-9-14(2)18(10-13)25-20(27)19-11-15(3)23-22(26-19)24-17-7-5-6-16(12-17)21(28)29-4/h5-12H,1-4H3,(H,25,27)(H,23,24,26). The minimum absolute atomic E-state index is 0.241. The molecule has 0 atom stereocenters. The Bertz CT molecular complexity index is 1080. The molecule has 0 aliphatic rings. The van der Waals surface area contributed by atoms with Crippen LogP contribution in [-0.4, -0.2) is 29.0 Å². The van der Waals surface area contributed by atoms with E-state index in [0.717, 1.165) is 16.8 Å². The van der Waals surface area contributed by atoms with Crippen molar-refractivity contribution in [2.24, 2.45) is 0 Å². The Morgan fingerprint density at radius 3 is 2.52 bits per heavy atom. The van der Waals surface area contributed by atoms with Crippen molar-refractivity contribution in [3.8, 4) is 0 Å². The third-order valence-electron chi connectivity index (χ3n) is 4.27. The van der Waals surface area contributed by atoms with E-state index in [-0.39, 0.29) is 17.5 Å². The van der Waals surface area contributed by atoms with Crippen molar-refractivity contribution < 1.29 is 14.3 Å². The summed E-state index contributed by atoms with van der Waals surface area (Å²) in [7, 11) is 1.33. The molecule has 0 radical (unpaired) electrons. The van der Waals surface area contributed by atoms with Crippen molar-refractivity contribution in [2.75, 3.05) is 17.7 Å². The Kier molecular flexibility index (Phi) is 5.87. The molecule has 3 aromatic rings. The molecular weight excluding hydrogens is 368 g/mol. The van der Waals surface area contributed by atoms with Crippen LogP contribution in [0.25, 0.3) is 0 Å². The summed E-state index contributed by atoms with van der Waals surface area (Å²) >= 11 is 0. The Morgan fingerprint density at radius 2 is 1.76 bits per heavy atom. The van der Waals surface area contributed by atoms with Gasteiger partial charge in [0.05, 0.1) is 12.7 Å². The molecule has 2 aromatic carbocycles. The number of hydrogen-bond acceptors (Lipinski definition) is 6. The van der Waals surface area contributed by atoms with E-state index in [1.54, 1.807) is 37.3 Å². The Hall–Kier alpha value is -3.74. The molecule has 3 rings (SSSR count). The number of methoxy groups -OCH3 is 1. The average Bonchev–Trinajstić information content (AvgIpc) is 2.69. The van der Waals surface area contributed by atoms with E-state index in [0.29, 0.717) is 16.9 Å². The van der Waals surface area contributed by atoms with Crippen LogP contribution >= 0.6 is 0 Å². The highest BCUT2D eigenvalue weighted by molar-refractivity contribution is 6.03. The zero-order chi connectivity index (χ0) is 21.0. The lowest BCUT2D eigenvalue weighted by Gasteiger charge is -2.11. The number of nitrogens with zero attached hydrogens (tertiary/aromatic N) is 2. The number of benzene rings is 2. The maximum Gasteiger partial charge on any atom is 0.337 e. The SMILES string of the molecule is COC(=O)c1cccc(Nc2nc(C)cc(C(=O)Nc3cc(C)ccc3C)n2)c1. The molecule has 0 aliphatic heterocycles. The Morgan fingerprint density at radius 1 is 0.966 bits per heavy atom. The largest absolute Gasteiger partial charge is 0.465 e. The van der Waals surface area contributed by atoms with Gasteiger partial charge in [0.2, 0.25) is 5.95 Å². The number of aromatic nitrogens is 2. The minimum Gasteiger partial charge on any atom is -0.465 e. The Balaban J connectivity index is 1.84. The number of amides is 1. The molecule has 0 saturated carbocycles. The van der Waals surface area contributed by atoms with E-state index in [9.17, 15) is 9.59 Å². The van der Waals surface area contributed by atoms with Gasteiger partial charge in [-0.05, 0) is 62.2 Å². The Labute approximate surface area is 169 Å². The lowest BCUT2D eigenvalue weighted by atomic mass is 10.1. The first-order valence-corrected chi connectivity index (χ1v) is 9.05. The predicted molar refractivity (Wildman–Crippen MR) is 112 cm³/mol. The second-order valence-electron chi connectivity index (χ2n) is 6.69. The van der Waals surface area contributed by atoms with Crippen LogP contribution < -0.4 is 10.6 Å². The van der Waals surface area contributed by atoms with Crippen LogP contribution in [0, 0.1) is 20.8 Å². The number of carbonyl (C=O) groups excluding carboxylic acids is 2. The van der Waals surface area contributed by atoms with Gasteiger partial charge in [-0.3, -0.25) is 4.79 Å². The van der Waals surface area contributed by atoms with Crippen LogP contribution in [-0.2, 0) is 4.74 Å². The molecule has 7 heteroatoms. The third kappa shape index (κ3) is 4.95. The first-order valence-electron chi connectivity index (χ1n) is 9.05. The molecule has 7 nitrogen and oxygen atoms in total. The van der Waals surface area contributed by atoms with Gasteiger partial charge in [0.1, 0.15) is 5.69 Å². The van der Waals surface area contributed by atoms with Gasteiger partial charge in [0, 0.05) is 17.1 Å². The van der Waals surface area contributed by atoms with Crippen LogP contribution in [0.15, 0.2) is 48.5 Å². The van der Waals surface area contributed by atoms with Crippen molar-refractivity contribution >= 4 is 29.2 Å². The monoisotopic (exact) mass is 390 g/mol. The molecular formula is C22H22N4O3. The van der Waals surface area contributed by atoms with Gasteiger partial charge >= 0.3 is 5.97 Å². The number of rotatable bonds is 5. The highest BCUT2D eigenvalue weighted by atomic mass is 16.5. The third-order valence-corrected chi connectivity index (χ3v) is 4.27. The summed E-state index contributed by atoms with van der Waals surface area (Å²) in [5, 5.41) is 5.93. The maximum absolute atomic E-state index is 12.7. The highest BCUT2D eigenvalue weighted by Crippen LogP contribution is 2.19. The summed E-state index contributed by atoms with van der Waals surface area (Å²) in [4.78, 5) is 33.1. The molecule has 0 unspecified atom stereocenters. The molecule has 29 heavy (non-hydrogen) atoms. The van der Waals surface area contributed by atoms with Crippen LogP contribution in [0.3, 0.4) is 0 Å². The van der Waals surface area contributed by atoms with E-state index >= 15 is 0 Å². The first kappa shape index (κ1) is 20.0. The topological polar surface area (TPSA) is 93.2 Å². The first-order chi connectivity index (χ1) is 13.9. The predicted octanol–water partition coefficient (Wildman–Crippen LogP) is 4.18. The van der Waals surface area contributed by atoms with Crippen molar-refractivity contribution in [3.63, 3.8) is 0 Å². The molecule has 1 aromatic heterocycles. The molecule has 0 saturated heterocycles. The number of esters is 1. The van der Waals surface area contributed by atoms with E-state index in [1.807, 2.05) is 32.0 Å². The maximum atomic E-state index is 12.7. The molecule has 1 heterocycles. The van der Waals surface area contributed by atoms with Crippen LogP contribution in [0.5, 0.6) is 0 Å². The summed E-state index contributed by atoms with van der Waals surface area (Å²) in [5.74, 6) is -0.499. The number of ether oxygens (including phenoxy) is 1. The van der Waals surface area contributed by atoms with Gasteiger partial charge < -0.3 is 15.4 Å². The van der Waals surface area contributed by atoms with E-state index in [2.05, 4.69) is 20.6 Å². The zero-order valence-electron chi connectivity index (χ0n) is 16.7. The van der Waals surface area contributed by atoms with Crippen LogP contribution in [0.4, 0.5) is 17.3 Å². The fraction of sp³-hybridized carbons (Fsp3) is 0.182. The van der Waals surface area contributed by atoms with E-state index in [1.165, 1.54) is 7.11 Å². The van der Waals surface area contributed by atoms with Crippen molar-refractivity contribution in [1.29, 1.82) is 0 Å². The zero-order valence-corrected chi connectivity index (χ0v) is 16.7. The van der Waals surface area contributed by atoms with Gasteiger partial charge in [-0.1, -0.05) is 18.2 Å². The molecule has 0 aliphatic carbocycles. The van der Waals surface area contributed by atoms with E-state index in [4.69, 9.17) is 4.74 Å². The lowest BCUT2D eigenvalue weighted by molar-refractivity contribution is 0.0600. The summed E-state index contributed by atoms with van der Waals surface area (Å²) < 4.78 is 4.73. The second-order valence-corrected chi connectivity index (χ2v) is 6.69. The number of anilines is 3. The quantitative estimate of drug-likeness (QED) is 0.635. The van der Waals surface area contributed by atoms with Crippen LogP contribution in [0.1, 0.15) is 37.7 Å². The van der Waals surface area contributed by atoms with Crippen LogP contribution in [0.2, 0.25) is 0 Å². The van der Waals surface area contributed by atoms with Crippen molar-refractivity contribution in [3.05, 3.63) is 76.6 Å². The number of carbonyl (C=O) groups is 2. The summed E-state index contributed by atoms with van der Waals surface area (Å²) in [5.41, 5.74) is 4.65. The van der Waals surface area contributed by atoms with Crippen molar-refractivity contribution in [2.45, 2.75) is 20.8 Å². The number of hydrogen-bond donors (Lipinski definition) is 2. The van der Waals surface area contributed by atoms with Gasteiger partial charge in [-0.25, -0.2) is 14.8 Å². The molecule has 0 bridgehead atoms. The van der Waals surface area contributed by atoms with Crippen molar-refractivity contribution in [1.82, 2.24) is 9.97 Å². The minimum atomic E-state index is -0.438. The average molecular weight is 390 g/mol. The summed E-state index contributed by atoms with van der Waals surface area (Å²) in [6.45, 7) is 5.68. The molecule has 0 spiro atoms. The van der Waals surface area contributed by atoms with Gasteiger partial charge in [0.15, 0.2) is 0 Å². The van der Waals surface area contributed by atoms with Gasteiger partial charge in [-0.15, -0.1) is 0 Å². The molecule has 148 valence electrons. The second kappa shape index (κ2) is 8.52. The smallest absolute Gasteiger partial charge is 0.337 e. The lowest BCUT2D eigenvalue weighted by Crippen LogP contribution is -2.16. The summed E-state index contributed by atoms with van der Waals surface area (Å²) in [6, 6.07) is 14.3. The number of nitrogens with one attached hydrogen (secondary N) is 2. The fourth-order valence-corrected chi connectivity index (χ4v) is 2.77. The molecule has 1 amide bonds. The molecule has 2 N–H and O–H groups in total. The van der Waals surface area contributed by atoms with E-state index < -0.39 is 5.97 Å². The molecule has 0 fully saturated rings. The number of aryl methyl sites for hydroxylation is 3. The highest BCUT2D eigenvalue weighted by Gasteiger charge is 2.13. The normalized spacial score (nSPS) is 10.3. The van der Waals surface area contributed by atoms with Gasteiger partial charge in [-0.2, -0.15) is 0 Å². The fourth-order valence-electron chi connectivity index (χ4n) is 2.77.